The number of ether oxygens (including phenoxy) is 1. The number of sulfonamides is 1. The van der Waals surface area contributed by atoms with Gasteiger partial charge in [-0.3, -0.25) is 9.52 Å². The van der Waals surface area contributed by atoms with Gasteiger partial charge in [0.2, 0.25) is 10.0 Å². The maximum Gasteiger partial charge on any atom is 0.323 e. The second kappa shape index (κ2) is 6.36. The molecule has 0 aromatic heterocycles. The Morgan fingerprint density at radius 3 is 2.44 bits per heavy atom. The van der Waals surface area contributed by atoms with E-state index in [4.69, 9.17) is 5.11 Å². The van der Waals surface area contributed by atoms with Gasteiger partial charge in [0.1, 0.15) is 0 Å². The number of carbonyl (C=O) groups is 1. The van der Waals surface area contributed by atoms with Crippen LogP contribution < -0.4 is 4.72 Å². The molecule has 100 valence electrons. The number of aliphatic hydroxyl groups excluding tert-OH is 1. The van der Waals surface area contributed by atoms with E-state index in [0.717, 1.165) is 0 Å². The van der Waals surface area contributed by atoms with Crippen LogP contribution in [0.3, 0.4) is 0 Å². The molecule has 0 saturated carbocycles. The lowest BCUT2D eigenvalue weighted by Crippen LogP contribution is -2.24. The van der Waals surface area contributed by atoms with Gasteiger partial charge in [-0.2, -0.15) is 0 Å². The van der Waals surface area contributed by atoms with Crippen molar-refractivity contribution in [3.63, 3.8) is 0 Å². The van der Waals surface area contributed by atoms with E-state index in [-0.39, 0.29) is 13.2 Å². The summed E-state index contributed by atoms with van der Waals surface area (Å²) in [4.78, 5) is 11.1. The van der Waals surface area contributed by atoms with Gasteiger partial charge in [-0.1, -0.05) is 12.1 Å². The molecule has 6 nitrogen and oxygen atoms in total. The molecule has 0 atom stereocenters. The minimum absolute atomic E-state index is 0.115. The van der Waals surface area contributed by atoms with Crippen LogP contribution in [0.5, 0.6) is 0 Å². The highest BCUT2D eigenvalue weighted by atomic mass is 32.2. The van der Waals surface area contributed by atoms with Crippen molar-refractivity contribution in [1.29, 1.82) is 0 Å². The third-order valence-corrected chi connectivity index (χ3v) is 3.19. The molecule has 0 bridgehead atoms. The number of benzene rings is 1. The molecular weight excluding hydrogens is 258 g/mol. The first-order valence-electron chi connectivity index (χ1n) is 5.32. The Morgan fingerprint density at radius 2 is 1.94 bits per heavy atom. The molecule has 7 heteroatoms. The van der Waals surface area contributed by atoms with Crippen LogP contribution in [0.1, 0.15) is 12.5 Å². The third-order valence-electron chi connectivity index (χ3n) is 2.02. The number of hydrogen-bond donors (Lipinski definition) is 2. The molecule has 1 rings (SSSR count). The summed E-state index contributed by atoms with van der Waals surface area (Å²) in [5.41, 5.74) is 1.000. The van der Waals surface area contributed by atoms with Gasteiger partial charge >= 0.3 is 5.97 Å². The van der Waals surface area contributed by atoms with Gasteiger partial charge in [0.25, 0.3) is 0 Å². The molecule has 0 amide bonds. The van der Waals surface area contributed by atoms with Crippen molar-refractivity contribution in [3.8, 4) is 0 Å². The van der Waals surface area contributed by atoms with Crippen LogP contribution in [-0.2, 0) is 26.2 Å². The smallest absolute Gasteiger partial charge is 0.323 e. The normalized spacial score (nSPS) is 11.0. The zero-order valence-corrected chi connectivity index (χ0v) is 10.7. The van der Waals surface area contributed by atoms with Crippen molar-refractivity contribution >= 4 is 21.7 Å². The van der Waals surface area contributed by atoms with Crippen LogP contribution in [0.2, 0.25) is 0 Å². The molecular formula is C11H15NO5S. The fourth-order valence-corrected chi connectivity index (χ4v) is 2.21. The lowest BCUT2D eigenvalue weighted by atomic mass is 10.2. The van der Waals surface area contributed by atoms with E-state index in [0.29, 0.717) is 11.3 Å². The maximum atomic E-state index is 11.6. The Labute approximate surface area is 106 Å². The van der Waals surface area contributed by atoms with Crippen molar-refractivity contribution < 1.29 is 23.1 Å². The number of rotatable bonds is 6. The van der Waals surface area contributed by atoms with Gasteiger partial charge in [-0.15, -0.1) is 0 Å². The highest BCUT2D eigenvalue weighted by Crippen LogP contribution is 2.11. The first kappa shape index (κ1) is 14.5. The number of carbonyl (C=O) groups excluding carboxylic acids is 1. The summed E-state index contributed by atoms with van der Waals surface area (Å²) in [6.45, 7) is 1.63. The molecule has 1 aromatic rings. The standard InChI is InChI=1S/C11H15NO5S/c1-2-17-11(14)8-18(15,16)12-10-5-3-9(7-13)4-6-10/h3-6,12-13H,2,7-8H2,1H3. The molecule has 0 saturated heterocycles. The number of esters is 1. The van der Waals surface area contributed by atoms with E-state index >= 15 is 0 Å². The molecule has 2 N–H and O–H groups in total. The zero-order chi connectivity index (χ0) is 13.6. The van der Waals surface area contributed by atoms with E-state index in [2.05, 4.69) is 9.46 Å². The minimum atomic E-state index is -3.76. The van der Waals surface area contributed by atoms with Crippen molar-refractivity contribution in [3.05, 3.63) is 29.8 Å². The predicted molar refractivity (Wildman–Crippen MR) is 66.4 cm³/mol. The molecule has 0 aliphatic rings. The van der Waals surface area contributed by atoms with Crippen molar-refractivity contribution in [1.82, 2.24) is 0 Å². The summed E-state index contributed by atoms with van der Waals surface area (Å²) in [6, 6.07) is 6.19. The fourth-order valence-electron chi connectivity index (χ4n) is 1.25. The number of nitrogens with one attached hydrogen (secondary N) is 1. The number of hydrogen-bond acceptors (Lipinski definition) is 5. The summed E-state index contributed by atoms with van der Waals surface area (Å²) in [7, 11) is -3.76. The van der Waals surface area contributed by atoms with E-state index in [1.165, 1.54) is 12.1 Å². The van der Waals surface area contributed by atoms with Gasteiger partial charge in [0, 0.05) is 5.69 Å². The van der Waals surface area contributed by atoms with Crippen molar-refractivity contribution in [2.24, 2.45) is 0 Å². The maximum absolute atomic E-state index is 11.6. The monoisotopic (exact) mass is 273 g/mol. The second-order valence-corrected chi connectivity index (χ2v) is 5.24. The topological polar surface area (TPSA) is 92.7 Å². The Hall–Kier alpha value is -1.60. The van der Waals surface area contributed by atoms with Crippen LogP contribution in [0.4, 0.5) is 5.69 Å². The Balaban J connectivity index is 2.67. The minimum Gasteiger partial charge on any atom is -0.465 e. The lowest BCUT2D eigenvalue weighted by molar-refractivity contribution is -0.139. The highest BCUT2D eigenvalue weighted by Gasteiger charge is 2.17. The molecule has 0 spiro atoms. The molecule has 18 heavy (non-hydrogen) atoms. The van der Waals surface area contributed by atoms with Crippen LogP contribution >= 0.6 is 0 Å². The summed E-state index contributed by atoms with van der Waals surface area (Å²) in [5.74, 6) is -1.51. The second-order valence-electron chi connectivity index (χ2n) is 3.52. The number of anilines is 1. The van der Waals surface area contributed by atoms with E-state index in [9.17, 15) is 13.2 Å². The van der Waals surface area contributed by atoms with Crippen LogP contribution in [0, 0.1) is 0 Å². The zero-order valence-electron chi connectivity index (χ0n) is 9.92. The molecule has 0 radical (unpaired) electrons. The van der Waals surface area contributed by atoms with Gasteiger partial charge in [-0.05, 0) is 24.6 Å². The predicted octanol–water partition coefficient (Wildman–Crippen LogP) is 0.484. The summed E-state index contributed by atoms with van der Waals surface area (Å²) in [5, 5.41) is 8.84. The van der Waals surface area contributed by atoms with Crippen molar-refractivity contribution in [2.75, 3.05) is 17.1 Å². The summed E-state index contributed by atoms with van der Waals surface area (Å²) >= 11 is 0. The van der Waals surface area contributed by atoms with E-state index in [1.807, 2.05) is 0 Å². The van der Waals surface area contributed by atoms with Crippen LogP contribution in [0.15, 0.2) is 24.3 Å². The molecule has 1 aromatic carbocycles. The largest absolute Gasteiger partial charge is 0.465 e. The molecule has 0 aliphatic carbocycles. The van der Waals surface area contributed by atoms with Gasteiger partial charge in [0.05, 0.1) is 13.2 Å². The lowest BCUT2D eigenvalue weighted by Gasteiger charge is -2.07. The molecule has 0 heterocycles. The fraction of sp³-hybridized carbons (Fsp3) is 0.364. The van der Waals surface area contributed by atoms with Crippen LogP contribution in [0.25, 0.3) is 0 Å². The number of aliphatic hydroxyl groups is 1. The quantitative estimate of drug-likeness (QED) is 0.736. The van der Waals surface area contributed by atoms with Gasteiger partial charge < -0.3 is 9.84 Å². The third kappa shape index (κ3) is 4.72. The first-order valence-corrected chi connectivity index (χ1v) is 6.98. The molecule has 0 aliphatic heterocycles. The average Bonchev–Trinajstić information content (AvgIpc) is 2.29. The SMILES string of the molecule is CCOC(=O)CS(=O)(=O)Nc1ccc(CO)cc1. The summed E-state index contributed by atoms with van der Waals surface area (Å²) in [6.07, 6.45) is 0. The Bertz CT molecular complexity index is 495. The molecule has 0 fully saturated rings. The highest BCUT2D eigenvalue weighted by molar-refractivity contribution is 7.93. The van der Waals surface area contributed by atoms with Crippen LogP contribution in [-0.4, -0.2) is 31.9 Å². The summed E-state index contributed by atoms with van der Waals surface area (Å²) < 4.78 is 30.0. The Kier molecular flexibility index (Phi) is 5.11. The Morgan fingerprint density at radius 1 is 1.33 bits per heavy atom. The average molecular weight is 273 g/mol. The molecule has 0 unspecified atom stereocenters. The first-order chi connectivity index (χ1) is 8.46. The van der Waals surface area contributed by atoms with Crippen molar-refractivity contribution in [2.45, 2.75) is 13.5 Å². The van der Waals surface area contributed by atoms with Gasteiger partial charge in [-0.25, -0.2) is 8.42 Å². The van der Waals surface area contributed by atoms with Gasteiger partial charge in [0.15, 0.2) is 5.75 Å². The van der Waals surface area contributed by atoms with E-state index < -0.39 is 21.7 Å². The van der Waals surface area contributed by atoms with E-state index in [1.54, 1.807) is 19.1 Å².